The molecule has 6 heteroatoms. The molecule has 0 aliphatic carbocycles. The van der Waals surface area contributed by atoms with Crippen LogP contribution in [0.3, 0.4) is 0 Å². The smallest absolute Gasteiger partial charge is 0.242 e. The Morgan fingerprint density at radius 3 is 2.52 bits per heavy atom. The molecule has 0 aliphatic heterocycles. The van der Waals surface area contributed by atoms with Crippen LogP contribution in [0.4, 0.5) is 0 Å². The minimum atomic E-state index is -0.518. The molecule has 2 rings (SSSR count). The average Bonchev–Trinajstić information content (AvgIpc) is 2.72. The summed E-state index contributed by atoms with van der Waals surface area (Å²) >= 11 is 5.05. The van der Waals surface area contributed by atoms with Crippen LogP contribution in [0.5, 0.6) is 0 Å². The number of halogens is 1. The summed E-state index contributed by atoms with van der Waals surface area (Å²) in [4.78, 5) is 27.3. The Hall–Kier alpha value is -1.79. The number of amides is 2. The van der Waals surface area contributed by atoms with Gasteiger partial charge in [-0.2, -0.15) is 0 Å². The summed E-state index contributed by atoms with van der Waals surface area (Å²) in [5.74, 6) is 0.989. The first-order valence-corrected chi connectivity index (χ1v) is 11.9. The maximum absolute atomic E-state index is 13.0. The SMILES string of the molecule is CCCCNC(=O)[C@H](C)N(Cc1cccc(Br)c1)C(=O)CSCc1ccccc1. The number of hydrogen-bond acceptors (Lipinski definition) is 3. The lowest BCUT2D eigenvalue weighted by Crippen LogP contribution is -2.48. The van der Waals surface area contributed by atoms with Crippen molar-refractivity contribution in [1.29, 1.82) is 0 Å². The first kappa shape index (κ1) is 23.5. The average molecular weight is 477 g/mol. The normalized spacial score (nSPS) is 11.7. The molecular formula is C23H29BrN2O2S. The van der Waals surface area contributed by atoms with Crippen molar-refractivity contribution in [2.24, 2.45) is 0 Å². The van der Waals surface area contributed by atoms with Gasteiger partial charge in [0.15, 0.2) is 0 Å². The minimum absolute atomic E-state index is 0.0240. The number of unbranched alkanes of at least 4 members (excludes halogenated alkanes) is 1. The van der Waals surface area contributed by atoms with Crippen molar-refractivity contribution in [3.8, 4) is 0 Å². The lowest BCUT2D eigenvalue weighted by molar-refractivity contribution is -0.138. The maximum atomic E-state index is 13.0. The summed E-state index contributed by atoms with van der Waals surface area (Å²) in [6.07, 6.45) is 1.95. The van der Waals surface area contributed by atoms with E-state index in [1.807, 2.05) is 42.5 Å². The number of thioether (sulfide) groups is 1. The number of nitrogens with one attached hydrogen (secondary N) is 1. The highest BCUT2D eigenvalue weighted by Gasteiger charge is 2.25. The van der Waals surface area contributed by atoms with E-state index in [0.717, 1.165) is 28.6 Å². The van der Waals surface area contributed by atoms with E-state index in [0.29, 0.717) is 18.8 Å². The van der Waals surface area contributed by atoms with Crippen molar-refractivity contribution in [1.82, 2.24) is 10.2 Å². The molecule has 0 unspecified atom stereocenters. The summed E-state index contributed by atoms with van der Waals surface area (Å²) < 4.78 is 0.959. The fourth-order valence-electron chi connectivity index (χ4n) is 2.86. The van der Waals surface area contributed by atoms with Crippen molar-refractivity contribution in [3.05, 3.63) is 70.2 Å². The van der Waals surface area contributed by atoms with Gasteiger partial charge in [0.25, 0.3) is 0 Å². The predicted octanol–water partition coefficient (Wildman–Crippen LogP) is 5.02. The molecule has 1 atom stereocenters. The molecule has 0 spiro atoms. The molecule has 29 heavy (non-hydrogen) atoms. The Labute approximate surface area is 186 Å². The molecule has 1 N–H and O–H groups in total. The summed E-state index contributed by atoms with van der Waals surface area (Å²) in [6.45, 7) is 4.94. The van der Waals surface area contributed by atoms with Crippen LogP contribution in [0.25, 0.3) is 0 Å². The lowest BCUT2D eigenvalue weighted by Gasteiger charge is -2.29. The number of nitrogens with zero attached hydrogens (tertiary/aromatic N) is 1. The second-order valence-electron chi connectivity index (χ2n) is 6.95. The number of carbonyl (C=O) groups excluding carboxylic acids is 2. The van der Waals surface area contributed by atoms with Gasteiger partial charge in [-0.15, -0.1) is 11.8 Å². The van der Waals surface area contributed by atoms with Crippen LogP contribution in [-0.4, -0.2) is 35.1 Å². The zero-order valence-electron chi connectivity index (χ0n) is 17.1. The first-order chi connectivity index (χ1) is 14.0. The second kappa shape index (κ2) is 12.7. The molecule has 2 aromatic rings. The molecular weight excluding hydrogens is 448 g/mol. The number of benzene rings is 2. The summed E-state index contributed by atoms with van der Waals surface area (Å²) in [5.41, 5.74) is 2.18. The predicted molar refractivity (Wildman–Crippen MR) is 125 cm³/mol. The zero-order valence-corrected chi connectivity index (χ0v) is 19.5. The van der Waals surface area contributed by atoms with Crippen molar-refractivity contribution in [2.45, 2.75) is 45.0 Å². The van der Waals surface area contributed by atoms with Crippen LogP contribution < -0.4 is 5.32 Å². The molecule has 0 saturated heterocycles. The molecule has 0 bridgehead atoms. The van der Waals surface area contributed by atoms with E-state index in [2.05, 4.69) is 40.3 Å². The molecule has 0 radical (unpaired) electrons. The number of hydrogen-bond donors (Lipinski definition) is 1. The fraction of sp³-hybridized carbons (Fsp3) is 0.391. The van der Waals surface area contributed by atoms with Gasteiger partial charge in [0.05, 0.1) is 5.75 Å². The van der Waals surface area contributed by atoms with E-state index < -0.39 is 6.04 Å². The van der Waals surface area contributed by atoms with Gasteiger partial charge in [-0.25, -0.2) is 0 Å². The molecule has 0 heterocycles. The lowest BCUT2D eigenvalue weighted by atomic mass is 10.1. The standard InChI is InChI=1S/C23H29BrN2O2S/c1-3-4-13-25-23(28)18(2)26(15-20-11-8-12-21(24)14-20)22(27)17-29-16-19-9-6-5-7-10-19/h5-12,14,18H,3-4,13,15-17H2,1-2H3,(H,25,28)/t18-/m0/s1. The van der Waals surface area contributed by atoms with Crippen LogP contribution in [0.15, 0.2) is 59.1 Å². The van der Waals surface area contributed by atoms with Crippen molar-refractivity contribution in [2.75, 3.05) is 12.3 Å². The van der Waals surface area contributed by atoms with Crippen molar-refractivity contribution < 1.29 is 9.59 Å². The van der Waals surface area contributed by atoms with Gasteiger partial charge < -0.3 is 10.2 Å². The van der Waals surface area contributed by atoms with Gasteiger partial charge in [0, 0.05) is 23.3 Å². The van der Waals surface area contributed by atoms with Crippen molar-refractivity contribution in [3.63, 3.8) is 0 Å². The van der Waals surface area contributed by atoms with Gasteiger partial charge in [0.1, 0.15) is 6.04 Å². The van der Waals surface area contributed by atoms with Gasteiger partial charge in [-0.05, 0) is 36.6 Å². The molecule has 0 aromatic heterocycles. The van der Waals surface area contributed by atoms with Gasteiger partial charge >= 0.3 is 0 Å². The van der Waals surface area contributed by atoms with Crippen LogP contribution in [0.2, 0.25) is 0 Å². The van der Waals surface area contributed by atoms with E-state index >= 15 is 0 Å². The largest absolute Gasteiger partial charge is 0.354 e. The second-order valence-corrected chi connectivity index (χ2v) is 8.85. The Morgan fingerprint density at radius 1 is 1.10 bits per heavy atom. The molecule has 2 amide bonds. The molecule has 0 saturated carbocycles. The highest BCUT2D eigenvalue weighted by atomic mass is 79.9. The zero-order chi connectivity index (χ0) is 21.1. The van der Waals surface area contributed by atoms with Crippen molar-refractivity contribution >= 4 is 39.5 Å². The van der Waals surface area contributed by atoms with E-state index in [-0.39, 0.29) is 11.8 Å². The maximum Gasteiger partial charge on any atom is 0.242 e. The Morgan fingerprint density at radius 2 is 1.83 bits per heavy atom. The molecule has 0 aliphatic rings. The van der Waals surface area contributed by atoms with E-state index in [1.54, 1.807) is 23.6 Å². The third-order valence-electron chi connectivity index (χ3n) is 4.58. The summed E-state index contributed by atoms with van der Waals surface area (Å²) in [6, 6.07) is 17.4. The molecule has 0 fully saturated rings. The highest BCUT2D eigenvalue weighted by Crippen LogP contribution is 2.18. The number of carbonyl (C=O) groups is 2. The van der Waals surface area contributed by atoms with Crippen LogP contribution >= 0.6 is 27.7 Å². The Bertz CT molecular complexity index is 785. The third kappa shape index (κ3) is 8.23. The number of rotatable bonds is 11. The van der Waals surface area contributed by atoms with Crippen LogP contribution in [-0.2, 0) is 21.9 Å². The summed E-state index contributed by atoms with van der Waals surface area (Å²) in [7, 11) is 0. The van der Waals surface area contributed by atoms with Gasteiger partial charge in [-0.1, -0.05) is 71.7 Å². The topological polar surface area (TPSA) is 49.4 Å². The molecule has 156 valence electrons. The highest BCUT2D eigenvalue weighted by molar-refractivity contribution is 9.10. The molecule has 2 aromatic carbocycles. The summed E-state index contributed by atoms with van der Waals surface area (Å²) in [5, 5.41) is 2.95. The first-order valence-electron chi connectivity index (χ1n) is 9.94. The van der Waals surface area contributed by atoms with Crippen LogP contribution in [0.1, 0.15) is 37.8 Å². The van der Waals surface area contributed by atoms with E-state index in [4.69, 9.17) is 0 Å². The minimum Gasteiger partial charge on any atom is -0.354 e. The molecule has 4 nitrogen and oxygen atoms in total. The Kier molecular flexibility index (Phi) is 10.3. The van der Waals surface area contributed by atoms with E-state index in [1.165, 1.54) is 5.56 Å². The van der Waals surface area contributed by atoms with Gasteiger partial charge in [0.2, 0.25) is 11.8 Å². The Balaban J connectivity index is 2.03. The van der Waals surface area contributed by atoms with E-state index in [9.17, 15) is 9.59 Å². The monoisotopic (exact) mass is 476 g/mol. The third-order valence-corrected chi connectivity index (χ3v) is 6.06. The fourth-order valence-corrected chi connectivity index (χ4v) is 4.18. The quantitative estimate of drug-likeness (QED) is 0.463. The van der Waals surface area contributed by atoms with Gasteiger partial charge in [-0.3, -0.25) is 9.59 Å². The van der Waals surface area contributed by atoms with Crippen LogP contribution in [0, 0.1) is 0 Å².